The summed E-state index contributed by atoms with van der Waals surface area (Å²) < 4.78 is 54.1. The molecule has 2 fully saturated rings. The SMILES string of the molecule is C.Cc1ccc(NS(C)(=O)=O)c(C(=O)N2CCCC[C@H]2c2cc3nc(C)c(C)c(C)n3n2)c1.Cc1ccc(NS(C)(=O)=O)c(C(=O)O)c1.Cc1nc2cc([C@@H]3CCCCN3)nn2c(C)c1C. The van der Waals surface area contributed by atoms with E-state index in [1.54, 1.807) is 31.2 Å². The van der Waals surface area contributed by atoms with Crippen molar-refractivity contribution in [1.82, 2.24) is 39.4 Å². The van der Waals surface area contributed by atoms with Gasteiger partial charge in [0.25, 0.3) is 5.91 Å². The average Bonchev–Trinajstić information content (AvgIpc) is 3.88. The van der Waals surface area contributed by atoms with E-state index in [4.69, 9.17) is 15.3 Å². The van der Waals surface area contributed by atoms with E-state index in [0.29, 0.717) is 23.8 Å². The molecule has 6 heterocycles. The van der Waals surface area contributed by atoms with Crippen molar-refractivity contribution in [1.29, 1.82) is 0 Å². The summed E-state index contributed by atoms with van der Waals surface area (Å²) in [6, 6.07) is 14.0. The van der Waals surface area contributed by atoms with E-state index < -0.39 is 26.0 Å². The number of amides is 1. The number of nitrogens with zero attached hydrogens (tertiary/aromatic N) is 7. The highest BCUT2D eigenvalue weighted by molar-refractivity contribution is 7.92. The maximum atomic E-state index is 13.7. The van der Waals surface area contributed by atoms with Crippen LogP contribution >= 0.6 is 0 Å². The third-order valence-corrected chi connectivity index (χ3v) is 13.1. The minimum Gasteiger partial charge on any atom is -0.478 e. The van der Waals surface area contributed by atoms with Gasteiger partial charge < -0.3 is 15.3 Å². The van der Waals surface area contributed by atoms with Crippen molar-refractivity contribution in [3.05, 3.63) is 116 Å². The summed E-state index contributed by atoms with van der Waals surface area (Å²) in [6.07, 6.45) is 8.49. The molecule has 0 radical (unpaired) electrons. The number of hydrogen-bond acceptors (Lipinski definition) is 11. The fourth-order valence-corrected chi connectivity index (χ4v) is 9.26. The van der Waals surface area contributed by atoms with Crippen LogP contribution in [-0.2, 0) is 20.0 Å². The van der Waals surface area contributed by atoms with Crippen molar-refractivity contribution in [2.24, 2.45) is 0 Å². The van der Waals surface area contributed by atoms with Gasteiger partial charge in [-0.2, -0.15) is 10.2 Å². The van der Waals surface area contributed by atoms with E-state index in [1.807, 2.05) is 47.7 Å². The van der Waals surface area contributed by atoms with Crippen molar-refractivity contribution >= 4 is 54.6 Å². The molecule has 2 aliphatic rings. The number of benzene rings is 2. The lowest BCUT2D eigenvalue weighted by atomic mass is 9.97. The van der Waals surface area contributed by atoms with Crippen LogP contribution in [0.15, 0.2) is 48.5 Å². The van der Waals surface area contributed by atoms with Gasteiger partial charge in [-0.1, -0.05) is 37.1 Å². The lowest BCUT2D eigenvalue weighted by Gasteiger charge is -2.35. The molecule has 4 N–H and O–H groups in total. The molecule has 1 amide bonds. The van der Waals surface area contributed by atoms with E-state index in [2.05, 4.69) is 51.6 Å². The molecule has 4 aromatic heterocycles. The first kappa shape index (κ1) is 51.1. The molecule has 0 bridgehead atoms. The number of hydrogen-bond donors (Lipinski definition) is 4. The van der Waals surface area contributed by atoms with Gasteiger partial charge in [-0.3, -0.25) is 14.2 Å². The van der Waals surface area contributed by atoms with Crippen LogP contribution < -0.4 is 14.8 Å². The molecule has 2 saturated heterocycles. The van der Waals surface area contributed by atoms with Crippen LogP contribution in [0.5, 0.6) is 0 Å². The van der Waals surface area contributed by atoms with Crippen molar-refractivity contribution in [3.8, 4) is 0 Å². The number of aryl methyl sites for hydroxylation is 6. The highest BCUT2D eigenvalue weighted by Crippen LogP contribution is 2.34. The quantitative estimate of drug-likeness (QED) is 0.114. The number of sulfonamides is 2. The summed E-state index contributed by atoms with van der Waals surface area (Å²) in [7, 11) is -6.98. The normalized spacial score (nSPS) is 16.4. The smallest absolute Gasteiger partial charge is 0.337 e. The van der Waals surface area contributed by atoms with Crippen LogP contribution in [0.1, 0.15) is 135 Å². The fourth-order valence-electron chi connectivity index (χ4n) is 8.11. The summed E-state index contributed by atoms with van der Waals surface area (Å²) >= 11 is 0. The largest absolute Gasteiger partial charge is 0.478 e. The number of rotatable bonds is 8. The number of carbonyl (C=O) groups excluding carboxylic acids is 1. The molecule has 0 spiro atoms. The van der Waals surface area contributed by atoms with E-state index >= 15 is 0 Å². The summed E-state index contributed by atoms with van der Waals surface area (Å²) in [5.41, 5.74) is 12.6. The van der Waals surface area contributed by atoms with Crippen LogP contribution in [0, 0.1) is 55.4 Å². The lowest BCUT2D eigenvalue weighted by Crippen LogP contribution is -2.39. The Morgan fingerprint density at radius 3 is 1.65 bits per heavy atom. The molecular weight excluding hydrogens is 881 g/mol. The highest BCUT2D eigenvalue weighted by atomic mass is 32.2. The van der Waals surface area contributed by atoms with E-state index in [-0.39, 0.29) is 30.6 Å². The van der Waals surface area contributed by atoms with E-state index in [1.165, 1.54) is 42.7 Å². The molecule has 17 nitrogen and oxygen atoms in total. The molecular formula is C47H64N10O7S2. The molecule has 6 aromatic rings. The van der Waals surface area contributed by atoms with Gasteiger partial charge in [0.05, 0.1) is 58.5 Å². The molecule has 66 heavy (non-hydrogen) atoms. The van der Waals surface area contributed by atoms with E-state index in [9.17, 15) is 26.4 Å². The van der Waals surface area contributed by atoms with Crippen LogP contribution in [0.3, 0.4) is 0 Å². The van der Waals surface area contributed by atoms with E-state index in [0.717, 1.165) is 94.8 Å². The van der Waals surface area contributed by atoms with Crippen molar-refractivity contribution in [3.63, 3.8) is 0 Å². The number of nitrogens with one attached hydrogen (secondary N) is 3. The predicted molar refractivity (Wildman–Crippen MR) is 260 cm³/mol. The number of fused-ring (bicyclic) bond motifs is 2. The summed E-state index contributed by atoms with van der Waals surface area (Å²) in [4.78, 5) is 35.6. The lowest BCUT2D eigenvalue weighted by molar-refractivity contribution is 0.0606. The molecule has 356 valence electrons. The van der Waals surface area contributed by atoms with Gasteiger partial charge in [-0.25, -0.2) is 40.6 Å². The summed E-state index contributed by atoms with van der Waals surface area (Å²) in [5.74, 6) is -1.36. The van der Waals surface area contributed by atoms with Crippen LogP contribution in [-0.4, -0.2) is 93.5 Å². The summed E-state index contributed by atoms with van der Waals surface area (Å²) in [5, 5.41) is 21.9. The molecule has 0 unspecified atom stereocenters. The first-order valence-corrected chi connectivity index (χ1v) is 25.4. The number of likely N-dealkylation sites (tertiary alicyclic amines) is 1. The predicted octanol–water partition coefficient (Wildman–Crippen LogP) is 7.87. The maximum absolute atomic E-state index is 13.7. The second kappa shape index (κ2) is 20.7. The Morgan fingerprint density at radius 1 is 0.667 bits per heavy atom. The second-order valence-corrected chi connectivity index (χ2v) is 20.7. The molecule has 2 atom stereocenters. The monoisotopic (exact) mass is 944 g/mol. The zero-order valence-electron chi connectivity index (χ0n) is 38.8. The first-order chi connectivity index (χ1) is 30.5. The van der Waals surface area contributed by atoms with Crippen molar-refractivity contribution in [2.45, 2.75) is 113 Å². The van der Waals surface area contributed by atoms with Crippen LogP contribution in [0.4, 0.5) is 11.4 Å². The van der Waals surface area contributed by atoms with Crippen LogP contribution in [0.2, 0.25) is 0 Å². The van der Waals surface area contributed by atoms with Crippen molar-refractivity contribution in [2.75, 3.05) is 35.0 Å². The standard InChI is InChI=1S/C23H29N5O3S.C14H20N4.C9H11NO4S.CH4/c1-14-9-10-19(26-32(5,30)31)18(12-14)23(29)27-11-7-6-8-21(27)20-13-22-24-16(3)15(2)17(4)28(22)25-20;1-9-10(2)16-14-8-13(17-18(14)11(9)3)12-6-4-5-7-15-12;1-6-3-4-8(10-15(2,13)14)7(5-6)9(11)12;/h9-10,12-13,21,26H,6-8,11H2,1-5H3;8,12,15H,4-7H2,1-3H3;3-5,10H,1-2H3,(H,11,12);1H4/t21-;12-;;/m00../s1. The van der Waals surface area contributed by atoms with Gasteiger partial charge in [-0.15, -0.1) is 0 Å². The fraction of sp³-hybridized carbons (Fsp3) is 0.447. The zero-order chi connectivity index (χ0) is 47.5. The van der Waals surface area contributed by atoms with Gasteiger partial charge in [0.15, 0.2) is 11.3 Å². The number of aromatic nitrogens is 6. The Balaban J connectivity index is 0.000000203. The Hall–Kier alpha value is -5.92. The number of aromatic carboxylic acids is 1. The molecule has 2 aromatic carbocycles. The molecule has 0 saturated carbocycles. The Morgan fingerprint density at radius 2 is 1.15 bits per heavy atom. The van der Waals surface area contributed by atoms with Gasteiger partial charge in [-0.05, 0) is 129 Å². The third kappa shape index (κ3) is 12.1. The van der Waals surface area contributed by atoms with Gasteiger partial charge >= 0.3 is 5.97 Å². The summed E-state index contributed by atoms with van der Waals surface area (Å²) in [6.45, 7) is 17.6. The number of piperidine rings is 2. The Labute approximate surface area is 388 Å². The Bertz CT molecular complexity index is 2990. The first-order valence-electron chi connectivity index (χ1n) is 21.6. The number of anilines is 2. The second-order valence-electron chi connectivity index (χ2n) is 17.2. The minimum atomic E-state index is -3.52. The highest BCUT2D eigenvalue weighted by Gasteiger charge is 2.32. The Kier molecular flexibility index (Phi) is 16.0. The number of carboxylic acid groups (broad SMARTS) is 1. The molecule has 0 aliphatic carbocycles. The number of carbonyl (C=O) groups is 2. The average molecular weight is 945 g/mol. The zero-order valence-corrected chi connectivity index (χ0v) is 40.4. The third-order valence-electron chi connectivity index (χ3n) is 12.0. The maximum Gasteiger partial charge on any atom is 0.337 e. The molecule has 2 aliphatic heterocycles. The van der Waals surface area contributed by atoms with Crippen molar-refractivity contribution < 1.29 is 31.5 Å². The molecule has 19 heteroatoms. The van der Waals surface area contributed by atoms with Gasteiger partial charge in [0.2, 0.25) is 20.0 Å². The van der Waals surface area contributed by atoms with Gasteiger partial charge in [0.1, 0.15) is 0 Å². The topological polar surface area (TPSA) is 222 Å². The number of carboxylic acids is 1. The minimum absolute atomic E-state index is 0. The van der Waals surface area contributed by atoms with Crippen LogP contribution in [0.25, 0.3) is 11.3 Å². The van der Waals surface area contributed by atoms with Gasteiger partial charge in [0, 0.05) is 41.5 Å². The molecule has 8 rings (SSSR count).